The highest BCUT2D eigenvalue weighted by molar-refractivity contribution is 7.89. The van der Waals surface area contributed by atoms with Gasteiger partial charge in [-0.2, -0.15) is 13.2 Å². The van der Waals surface area contributed by atoms with Crippen LogP contribution in [0, 0.1) is 11.7 Å². The summed E-state index contributed by atoms with van der Waals surface area (Å²) in [5, 5.41) is 0. The van der Waals surface area contributed by atoms with Crippen molar-refractivity contribution in [2.24, 2.45) is 5.92 Å². The minimum Gasteiger partial charge on any atom is -0.208 e. The van der Waals surface area contributed by atoms with Crippen molar-refractivity contribution in [2.75, 3.05) is 0 Å². The average Bonchev–Trinajstić information content (AvgIpc) is 2.63. The first-order valence-electron chi connectivity index (χ1n) is 9.06. The molecular formula is C20H21F4NO2S. The van der Waals surface area contributed by atoms with Gasteiger partial charge in [0.15, 0.2) is 0 Å². The monoisotopic (exact) mass is 415 g/mol. The normalized spacial score (nSPS) is 20.9. The van der Waals surface area contributed by atoms with Crippen LogP contribution < -0.4 is 4.72 Å². The molecule has 0 heterocycles. The molecule has 3 nitrogen and oxygen atoms in total. The van der Waals surface area contributed by atoms with Crippen molar-refractivity contribution in [2.45, 2.75) is 49.7 Å². The van der Waals surface area contributed by atoms with E-state index in [1.165, 1.54) is 24.3 Å². The molecule has 1 saturated carbocycles. The van der Waals surface area contributed by atoms with Crippen LogP contribution in [0.3, 0.4) is 0 Å². The standard InChI is InChI=1S/C20H21F4NO2S/c1-13-2-7-16(8-3-13)25-28(26,27)17-9-4-14(5-10-17)18-11-6-15(21)12-19(18)20(22,23)24/h4-6,9-13,16,25H,2-3,7-8H2,1H3/t13-,16+. The largest absolute Gasteiger partial charge is 0.417 e. The van der Waals surface area contributed by atoms with Crippen LogP contribution in [-0.4, -0.2) is 14.5 Å². The number of sulfonamides is 1. The predicted molar refractivity (Wildman–Crippen MR) is 98.6 cm³/mol. The second kappa shape index (κ2) is 7.83. The van der Waals surface area contributed by atoms with Crippen LogP contribution in [0.15, 0.2) is 47.4 Å². The summed E-state index contributed by atoms with van der Waals surface area (Å²) in [4.78, 5) is -0.00876. The summed E-state index contributed by atoms with van der Waals surface area (Å²) in [7, 11) is -3.75. The Kier molecular flexibility index (Phi) is 5.82. The Morgan fingerprint density at radius 2 is 1.57 bits per heavy atom. The molecule has 1 N–H and O–H groups in total. The molecular weight excluding hydrogens is 394 g/mol. The van der Waals surface area contributed by atoms with Gasteiger partial charge in [-0.3, -0.25) is 0 Å². The number of halogens is 4. The Bertz CT molecular complexity index is 932. The second-order valence-electron chi connectivity index (χ2n) is 7.29. The van der Waals surface area contributed by atoms with E-state index in [9.17, 15) is 26.0 Å². The lowest BCUT2D eigenvalue weighted by Gasteiger charge is -2.26. The van der Waals surface area contributed by atoms with Gasteiger partial charge in [0.05, 0.1) is 10.5 Å². The van der Waals surface area contributed by atoms with Gasteiger partial charge in [-0.05, 0) is 67.0 Å². The molecule has 0 bridgehead atoms. The Balaban J connectivity index is 1.84. The number of benzene rings is 2. The van der Waals surface area contributed by atoms with Crippen LogP contribution in [0.5, 0.6) is 0 Å². The number of rotatable bonds is 4. The quantitative estimate of drug-likeness (QED) is 0.683. The topological polar surface area (TPSA) is 46.2 Å². The Morgan fingerprint density at radius 3 is 2.14 bits per heavy atom. The number of hydrogen-bond donors (Lipinski definition) is 1. The zero-order chi connectivity index (χ0) is 20.5. The fraction of sp³-hybridized carbons (Fsp3) is 0.400. The highest BCUT2D eigenvalue weighted by Crippen LogP contribution is 2.37. The summed E-state index contributed by atoms with van der Waals surface area (Å²) in [6.45, 7) is 2.13. The van der Waals surface area contributed by atoms with Gasteiger partial charge in [0.25, 0.3) is 0 Å². The molecule has 0 atom stereocenters. The SMILES string of the molecule is C[C@H]1CC[C@@H](NS(=O)(=O)c2ccc(-c3ccc(F)cc3C(F)(F)F)cc2)CC1. The summed E-state index contributed by atoms with van der Waals surface area (Å²) in [6, 6.07) is 7.45. The van der Waals surface area contributed by atoms with Gasteiger partial charge in [-0.15, -0.1) is 0 Å². The maximum absolute atomic E-state index is 13.3. The number of hydrogen-bond acceptors (Lipinski definition) is 2. The minimum absolute atomic E-state index is 0.00876. The molecule has 0 amide bonds. The van der Waals surface area contributed by atoms with Gasteiger partial charge < -0.3 is 0 Å². The van der Waals surface area contributed by atoms with Crippen molar-refractivity contribution < 1.29 is 26.0 Å². The molecule has 2 aromatic carbocycles. The van der Waals surface area contributed by atoms with Crippen molar-refractivity contribution in [3.63, 3.8) is 0 Å². The molecule has 0 saturated heterocycles. The molecule has 0 radical (unpaired) electrons. The van der Waals surface area contributed by atoms with E-state index in [1.54, 1.807) is 0 Å². The summed E-state index contributed by atoms with van der Waals surface area (Å²) >= 11 is 0. The summed E-state index contributed by atoms with van der Waals surface area (Å²) < 4.78 is 80.7. The van der Waals surface area contributed by atoms with E-state index in [1.807, 2.05) is 0 Å². The third kappa shape index (κ3) is 4.72. The van der Waals surface area contributed by atoms with E-state index in [0.29, 0.717) is 12.0 Å². The lowest BCUT2D eigenvalue weighted by molar-refractivity contribution is -0.137. The molecule has 1 aliphatic carbocycles. The third-order valence-electron chi connectivity index (χ3n) is 5.10. The van der Waals surface area contributed by atoms with Gasteiger partial charge >= 0.3 is 6.18 Å². The molecule has 28 heavy (non-hydrogen) atoms. The van der Waals surface area contributed by atoms with Crippen LogP contribution in [0.2, 0.25) is 0 Å². The molecule has 0 spiro atoms. The summed E-state index contributed by atoms with van der Waals surface area (Å²) in [5.41, 5.74) is -1.14. The van der Waals surface area contributed by atoms with Gasteiger partial charge in [-0.25, -0.2) is 17.5 Å². The zero-order valence-corrected chi connectivity index (χ0v) is 16.1. The van der Waals surface area contributed by atoms with E-state index in [4.69, 9.17) is 0 Å². The molecule has 0 aromatic heterocycles. The fourth-order valence-corrected chi connectivity index (χ4v) is 4.79. The average molecular weight is 415 g/mol. The van der Waals surface area contributed by atoms with Crippen LogP contribution in [0.25, 0.3) is 11.1 Å². The Hall–Kier alpha value is -1.93. The van der Waals surface area contributed by atoms with Crippen molar-refractivity contribution in [3.8, 4) is 11.1 Å². The van der Waals surface area contributed by atoms with E-state index in [0.717, 1.165) is 37.8 Å². The molecule has 152 valence electrons. The van der Waals surface area contributed by atoms with Crippen molar-refractivity contribution in [3.05, 3.63) is 53.8 Å². The van der Waals surface area contributed by atoms with E-state index >= 15 is 0 Å². The van der Waals surface area contributed by atoms with Gasteiger partial charge in [0, 0.05) is 6.04 Å². The van der Waals surface area contributed by atoms with Crippen LogP contribution in [0.4, 0.5) is 17.6 Å². The first-order valence-corrected chi connectivity index (χ1v) is 10.5. The Morgan fingerprint density at radius 1 is 0.964 bits per heavy atom. The second-order valence-corrected chi connectivity index (χ2v) is 9.00. The summed E-state index contributed by atoms with van der Waals surface area (Å²) in [5.74, 6) is -0.403. The minimum atomic E-state index is -4.72. The highest BCUT2D eigenvalue weighted by Gasteiger charge is 2.34. The highest BCUT2D eigenvalue weighted by atomic mass is 32.2. The molecule has 3 rings (SSSR count). The maximum Gasteiger partial charge on any atom is 0.417 e. The van der Waals surface area contributed by atoms with Crippen molar-refractivity contribution in [1.82, 2.24) is 4.72 Å². The fourth-order valence-electron chi connectivity index (χ4n) is 3.48. The number of nitrogens with one attached hydrogen (secondary N) is 1. The third-order valence-corrected chi connectivity index (χ3v) is 6.64. The number of alkyl halides is 3. The van der Waals surface area contributed by atoms with Gasteiger partial charge in [0.1, 0.15) is 5.82 Å². The molecule has 0 unspecified atom stereocenters. The lowest BCUT2D eigenvalue weighted by Crippen LogP contribution is -2.37. The zero-order valence-electron chi connectivity index (χ0n) is 15.3. The molecule has 0 aliphatic heterocycles. The molecule has 1 fully saturated rings. The van der Waals surface area contributed by atoms with Crippen molar-refractivity contribution in [1.29, 1.82) is 0 Å². The molecule has 2 aromatic rings. The first kappa shape index (κ1) is 20.8. The van der Waals surface area contributed by atoms with Crippen LogP contribution in [-0.2, 0) is 16.2 Å². The van der Waals surface area contributed by atoms with Crippen molar-refractivity contribution >= 4 is 10.0 Å². The van der Waals surface area contributed by atoms with E-state index in [-0.39, 0.29) is 22.1 Å². The van der Waals surface area contributed by atoms with Gasteiger partial charge in [0.2, 0.25) is 10.0 Å². The summed E-state index contributed by atoms with van der Waals surface area (Å²) in [6.07, 6.45) is -1.28. The maximum atomic E-state index is 13.3. The Labute approximate surface area is 161 Å². The van der Waals surface area contributed by atoms with E-state index < -0.39 is 27.6 Å². The van der Waals surface area contributed by atoms with Crippen LogP contribution in [0.1, 0.15) is 38.2 Å². The van der Waals surface area contributed by atoms with Gasteiger partial charge in [-0.1, -0.05) is 25.1 Å². The smallest absolute Gasteiger partial charge is 0.208 e. The first-order chi connectivity index (χ1) is 13.1. The molecule has 8 heteroatoms. The molecule has 1 aliphatic rings. The van der Waals surface area contributed by atoms with E-state index in [2.05, 4.69) is 11.6 Å². The predicted octanol–water partition coefficient (Wildman–Crippen LogP) is 5.37. The van der Waals surface area contributed by atoms with Crippen LogP contribution >= 0.6 is 0 Å². The lowest BCUT2D eigenvalue weighted by atomic mass is 9.88.